The van der Waals surface area contributed by atoms with E-state index in [1.165, 1.54) is 11.3 Å². The van der Waals surface area contributed by atoms with Crippen LogP contribution in [0.1, 0.15) is 36.6 Å². The van der Waals surface area contributed by atoms with Gasteiger partial charge in [0.15, 0.2) is 4.80 Å². The summed E-state index contributed by atoms with van der Waals surface area (Å²) in [5.74, 6) is 0.200. The first-order chi connectivity index (χ1) is 18.8. The highest BCUT2D eigenvalue weighted by Gasteiger charge is 2.33. The van der Waals surface area contributed by atoms with Crippen LogP contribution < -0.4 is 19.6 Å². The van der Waals surface area contributed by atoms with E-state index in [0.717, 1.165) is 21.2 Å². The lowest BCUT2D eigenvalue weighted by Crippen LogP contribution is -2.39. The molecule has 1 aliphatic heterocycles. The van der Waals surface area contributed by atoms with Gasteiger partial charge in [0.2, 0.25) is 0 Å². The first-order valence-electron chi connectivity index (χ1n) is 12.3. The number of hydrogen-bond acceptors (Lipinski definition) is 6. The zero-order chi connectivity index (χ0) is 27.5. The molecule has 1 aromatic heterocycles. The molecule has 0 radical (unpaired) electrons. The van der Waals surface area contributed by atoms with Gasteiger partial charge in [-0.15, -0.1) is 0 Å². The van der Waals surface area contributed by atoms with Crippen LogP contribution in [-0.2, 0) is 16.1 Å². The molecule has 198 valence electrons. The van der Waals surface area contributed by atoms with E-state index in [0.29, 0.717) is 38.0 Å². The van der Waals surface area contributed by atoms with Crippen molar-refractivity contribution >= 4 is 50.9 Å². The molecular weight excluding hydrogens is 600 g/mol. The first kappa shape index (κ1) is 27.1. The molecule has 0 saturated carbocycles. The van der Waals surface area contributed by atoms with Crippen molar-refractivity contribution in [3.63, 3.8) is 0 Å². The van der Waals surface area contributed by atoms with Crippen molar-refractivity contribution in [1.29, 1.82) is 0 Å². The molecule has 9 heteroatoms. The average Bonchev–Trinajstić information content (AvgIpc) is 3.22. The number of carbonyl (C=O) groups is 1. The normalized spacial score (nSPS) is 15.1. The van der Waals surface area contributed by atoms with E-state index < -0.39 is 12.0 Å². The average molecular weight is 624 g/mol. The van der Waals surface area contributed by atoms with Crippen molar-refractivity contribution in [1.82, 2.24) is 4.57 Å². The van der Waals surface area contributed by atoms with E-state index in [-0.39, 0.29) is 12.2 Å². The zero-order valence-corrected chi connectivity index (χ0v) is 24.3. The highest BCUT2D eigenvalue weighted by atomic mass is 79.9. The molecule has 4 aromatic rings. The van der Waals surface area contributed by atoms with Gasteiger partial charge in [-0.05, 0) is 73.0 Å². The molecule has 0 saturated heterocycles. The fourth-order valence-corrected chi connectivity index (χ4v) is 5.78. The summed E-state index contributed by atoms with van der Waals surface area (Å²) in [6.07, 6.45) is 1.82. The van der Waals surface area contributed by atoms with Crippen LogP contribution in [0, 0.1) is 0 Å². The predicted octanol–water partition coefficient (Wildman–Crippen LogP) is 5.79. The number of ether oxygens (including phenoxy) is 2. The van der Waals surface area contributed by atoms with Gasteiger partial charge in [0.1, 0.15) is 12.4 Å². The summed E-state index contributed by atoms with van der Waals surface area (Å²) < 4.78 is 14.3. The Labute approximate surface area is 242 Å². The minimum atomic E-state index is -0.649. The maximum absolute atomic E-state index is 13.8. The molecule has 0 bridgehead atoms. The molecule has 3 aromatic carbocycles. The molecule has 0 unspecified atom stereocenters. The maximum Gasteiger partial charge on any atom is 0.338 e. The second-order valence-corrected chi connectivity index (χ2v) is 11.2. The van der Waals surface area contributed by atoms with Crippen molar-refractivity contribution < 1.29 is 14.3 Å². The second kappa shape index (κ2) is 11.7. The Morgan fingerprint density at radius 2 is 1.87 bits per heavy atom. The van der Waals surface area contributed by atoms with Gasteiger partial charge in [0.05, 0.1) is 28.5 Å². The van der Waals surface area contributed by atoms with E-state index in [9.17, 15) is 9.59 Å². The van der Waals surface area contributed by atoms with Gasteiger partial charge in [0.25, 0.3) is 5.56 Å². The minimum absolute atomic E-state index is 0.226. The number of thiazole rings is 1. The lowest BCUT2D eigenvalue weighted by molar-refractivity contribution is -0.139. The monoisotopic (exact) mass is 622 g/mol. The second-order valence-electron chi connectivity index (χ2n) is 8.84. The van der Waals surface area contributed by atoms with Gasteiger partial charge in [-0.3, -0.25) is 9.36 Å². The molecular formula is C30H24BrClN2O4S. The van der Waals surface area contributed by atoms with E-state index in [1.54, 1.807) is 18.4 Å². The van der Waals surface area contributed by atoms with Gasteiger partial charge >= 0.3 is 5.97 Å². The number of rotatable bonds is 7. The molecule has 1 atom stereocenters. The molecule has 0 amide bonds. The van der Waals surface area contributed by atoms with Crippen LogP contribution in [0.5, 0.6) is 5.75 Å². The van der Waals surface area contributed by atoms with Crippen LogP contribution in [0.4, 0.5) is 0 Å². The smallest absolute Gasteiger partial charge is 0.338 e. The number of aromatic nitrogens is 1. The molecule has 39 heavy (non-hydrogen) atoms. The van der Waals surface area contributed by atoms with Crippen molar-refractivity contribution in [2.24, 2.45) is 4.99 Å². The lowest BCUT2D eigenvalue weighted by atomic mass is 9.96. The van der Waals surface area contributed by atoms with Crippen LogP contribution in [0.3, 0.4) is 0 Å². The Morgan fingerprint density at radius 3 is 2.59 bits per heavy atom. The Hall–Kier alpha value is -3.46. The minimum Gasteiger partial charge on any atom is -0.489 e. The number of carbonyl (C=O) groups excluding carboxylic acids is 1. The Morgan fingerprint density at radius 1 is 1.13 bits per heavy atom. The number of nitrogens with zero attached hydrogens (tertiary/aromatic N) is 2. The molecule has 6 nitrogen and oxygen atoms in total. The first-order valence-corrected chi connectivity index (χ1v) is 14.2. The van der Waals surface area contributed by atoms with Crippen LogP contribution in [0.2, 0.25) is 5.02 Å². The summed E-state index contributed by atoms with van der Waals surface area (Å²) in [5, 5.41) is 0.675. The summed E-state index contributed by atoms with van der Waals surface area (Å²) in [7, 11) is 0. The lowest BCUT2D eigenvalue weighted by Gasteiger charge is -2.24. The predicted molar refractivity (Wildman–Crippen MR) is 157 cm³/mol. The highest BCUT2D eigenvalue weighted by molar-refractivity contribution is 9.10. The molecule has 0 spiro atoms. The Kier molecular flexibility index (Phi) is 8.16. The molecule has 0 N–H and O–H groups in total. The van der Waals surface area contributed by atoms with Crippen LogP contribution in [0.25, 0.3) is 6.08 Å². The third-order valence-corrected chi connectivity index (χ3v) is 7.94. The van der Waals surface area contributed by atoms with Crippen molar-refractivity contribution in [3.8, 4) is 5.75 Å². The van der Waals surface area contributed by atoms with E-state index >= 15 is 0 Å². The number of hydrogen-bond donors (Lipinski definition) is 0. The molecule has 5 rings (SSSR count). The third kappa shape index (κ3) is 5.93. The Balaban J connectivity index is 1.53. The highest BCUT2D eigenvalue weighted by Crippen LogP contribution is 2.31. The van der Waals surface area contributed by atoms with E-state index in [4.69, 9.17) is 21.1 Å². The quantitative estimate of drug-likeness (QED) is 0.244. The summed E-state index contributed by atoms with van der Waals surface area (Å²) in [4.78, 5) is 31.9. The fraction of sp³-hybridized carbons (Fsp3) is 0.167. The molecule has 0 fully saturated rings. The van der Waals surface area contributed by atoms with Crippen molar-refractivity contribution in [2.45, 2.75) is 26.5 Å². The molecule has 0 aliphatic carbocycles. The van der Waals surface area contributed by atoms with Gasteiger partial charge < -0.3 is 9.47 Å². The molecule has 2 heterocycles. The summed E-state index contributed by atoms with van der Waals surface area (Å²) in [6.45, 7) is 4.15. The number of esters is 1. The summed E-state index contributed by atoms with van der Waals surface area (Å²) >= 11 is 10.7. The van der Waals surface area contributed by atoms with Crippen molar-refractivity contribution in [2.75, 3.05) is 6.61 Å². The van der Waals surface area contributed by atoms with Crippen LogP contribution in [0.15, 0.2) is 98.3 Å². The van der Waals surface area contributed by atoms with Gasteiger partial charge in [-0.25, -0.2) is 9.79 Å². The van der Waals surface area contributed by atoms with E-state index in [1.807, 2.05) is 78.9 Å². The number of halogens is 2. The standard InChI is InChI=1S/C30H24BrClN2O4S/c1-3-37-29(36)26-18(2)33-30-34(27(26)21-9-11-22(31)12-10-21)28(35)25(39-30)16-20-5-4-6-24(15-20)38-17-19-7-13-23(32)14-8-19/h4-16,27H,3,17H2,1-2H3/b25-16-/t27-/m1/s1. The van der Waals surface area contributed by atoms with Gasteiger partial charge in [-0.2, -0.15) is 0 Å². The zero-order valence-electron chi connectivity index (χ0n) is 21.2. The van der Waals surface area contributed by atoms with Crippen LogP contribution in [-0.4, -0.2) is 17.1 Å². The fourth-order valence-electron chi connectivity index (χ4n) is 4.34. The summed E-state index contributed by atoms with van der Waals surface area (Å²) in [6, 6.07) is 22.0. The molecule has 1 aliphatic rings. The van der Waals surface area contributed by atoms with Crippen LogP contribution >= 0.6 is 38.9 Å². The third-order valence-electron chi connectivity index (χ3n) is 6.18. The van der Waals surface area contributed by atoms with Gasteiger partial charge in [-0.1, -0.05) is 75.3 Å². The largest absolute Gasteiger partial charge is 0.489 e. The number of fused-ring (bicyclic) bond motifs is 1. The van der Waals surface area contributed by atoms with E-state index in [2.05, 4.69) is 20.9 Å². The number of benzene rings is 3. The maximum atomic E-state index is 13.8. The summed E-state index contributed by atoms with van der Waals surface area (Å²) in [5.41, 5.74) is 3.27. The topological polar surface area (TPSA) is 69.9 Å². The number of allylic oxidation sites excluding steroid dienone is 1. The SMILES string of the molecule is CCOC(=O)C1=C(C)N=c2s/c(=C\c3cccc(OCc4ccc(Cl)cc4)c3)c(=O)n2[C@@H]1c1ccc(Br)cc1. The van der Waals surface area contributed by atoms with Crippen molar-refractivity contribution in [3.05, 3.63) is 130 Å². The Bertz CT molecular complexity index is 1740. The van der Waals surface area contributed by atoms with Gasteiger partial charge in [0, 0.05) is 9.50 Å².